The number of anilines is 2. The lowest BCUT2D eigenvalue weighted by Crippen LogP contribution is -2.17. The van der Waals surface area contributed by atoms with Crippen molar-refractivity contribution in [2.24, 2.45) is 5.73 Å². The predicted molar refractivity (Wildman–Crippen MR) is 73.4 cm³/mol. The summed E-state index contributed by atoms with van der Waals surface area (Å²) in [4.78, 5) is 1.94. The number of hydrogen-bond acceptors (Lipinski definition) is 2. The van der Waals surface area contributed by atoms with Gasteiger partial charge in [0.05, 0.1) is 5.69 Å². The maximum Gasteiger partial charge on any atom is 0.146 e. The van der Waals surface area contributed by atoms with Gasteiger partial charge in [0.15, 0.2) is 0 Å². The van der Waals surface area contributed by atoms with Gasteiger partial charge in [-0.1, -0.05) is 24.3 Å². The first-order chi connectivity index (χ1) is 8.76. The molecular weight excluding hydrogens is 227 g/mol. The van der Waals surface area contributed by atoms with Crippen LogP contribution in [0.15, 0.2) is 48.5 Å². The Morgan fingerprint density at radius 1 is 1.06 bits per heavy atom. The summed E-state index contributed by atoms with van der Waals surface area (Å²) in [6, 6.07) is 14.7. The van der Waals surface area contributed by atoms with E-state index in [2.05, 4.69) is 0 Å². The number of nitrogens with zero attached hydrogens (tertiary/aromatic N) is 1. The molecule has 18 heavy (non-hydrogen) atoms. The molecule has 0 radical (unpaired) electrons. The summed E-state index contributed by atoms with van der Waals surface area (Å²) in [6.07, 6.45) is 0. The van der Waals surface area contributed by atoms with Crippen molar-refractivity contribution in [3.8, 4) is 0 Å². The highest BCUT2D eigenvalue weighted by molar-refractivity contribution is 5.63. The third-order valence-corrected chi connectivity index (χ3v) is 2.94. The summed E-state index contributed by atoms with van der Waals surface area (Å²) >= 11 is 0. The van der Waals surface area contributed by atoms with Gasteiger partial charge in [-0.25, -0.2) is 4.39 Å². The monoisotopic (exact) mass is 244 g/mol. The van der Waals surface area contributed by atoms with E-state index in [0.717, 1.165) is 11.3 Å². The smallest absolute Gasteiger partial charge is 0.146 e. The number of rotatable bonds is 4. The van der Waals surface area contributed by atoms with Crippen LogP contribution in [0.3, 0.4) is 0 Å². The summed E-state index contributed by atoms with van der Waals surface area (Å²) in [7, 11) is 0. The standard InChI is InChI=1S/C15H17FN2/c1-2-18(15-6-4-3-5-14(15)16)13-9-7-12(11-17)8-10-13/h3-10H,2,11,17H2,1H3. The van der Waals surface area contributed by atoms with E-state index in [9.17, 15) is 4.39 Å². The lowest BCUT2D eigenvalue weighted by Gasteiger charge is -2.23. The number of hydrogen-bond donors (Lipinski definition) is 1. The van der Waals surface area contributed by atoms with Crippen molar-refractivity contribution in [2.75, 3.05) is 11.4 Å². The Morgan fingerprint density at radius 2 is 1.72 bits per heavy atom. The minimum absolute atomic E-state index is 0.206. The molecule has 0 amide bonds. The second-order valence-corrected chi connectivity index (χ2v) is 4.07. The van der Waals surface area contributed by atoms with Crippen LogP contribution < -0.4 is 10.6 Å². The fourth-order valence-electron chi connectivity index (χ4n) is 1.97. The molecular formula is C15H17FN2. The van der Waals surface area contributed by atoms with Crippen LogP contribution in [-0.4, -0.2) is 6.54 Å². The van der Waals surface area contributed by atoms with Crippen LogP contribution in [0.4, 0.5) is 15.8 Å². The number of nitrogens with two attached hydrogens (primary N) is 1. The predicted octanol–water partition coefficient (Wildman–Crippen LogP) is 3.44. The third-order valence-electron chi connectivity index (χ3n) is 2.94. The van der Waals surface area contributed by atoms with E-state index >= 15 is 0 Å². The normalized spacial score (nSPS) is 10.4. The molecule has 2 nitrogen and oxygen atoms in total. The van der Waals surface area contributed by atoms with E-state index in [-0.39, 0.29) is 5.82 Å². The Bertz CT molecular complexity index is 508. The molecule has 2 aromatic carbocycles. The molecule has 0 spiro atoms. The Labute approximate surface area is 107 Å². The number of halogens is 1. The van der Waals surface area contributed by atoms with E-state index in [0.29, 0.717) is 18.8 Å². The SMILES string of the molecule is CCN(c1ccc(CN)cc1)c1ccccc1F. The van der Waals surface area contributed by atoms with Crippen molar-refractivity contribution in [1.82, 2.24) is 0 Å². The Balaban J connectivity index is 2.36. The lowest BCUT2D eigenvalue weighted by atomic mass is 10.1. The first-order valence-corrected chi connectivity index (χ1v) is 6.07. The molecule has 0 heterocycles. The molecule has 0 aliphatic carbocycles. The van der Waals surface area contributed by atoms with Crippen LogP contribution in [0.25, 0.3) is 0 Å². The summed E-state index contributed by atoms with van der Waals surface area (Å²) in [5, 5.41) is 0. The van der Waals surface area contributed by atoms with Gasteiger partial charge in [0.25, 0.3) is 0 Å². The summed E-state index contributed by atoms with van der Waals surface area (Å²) in [5.74, 6) is -0.206. The van der Waals surface area contributed by atoms with Crippen LogP contribution in [0, 0.1) is 5.82 Å². The average Bonchev–Trinajstić information content (AvgIpc) is 2.42. The average molecular weight is 244 g/mol. The first kappa shape index (κ1) is 12.6. The molecule has 0 saturated heterocycles. The van der Waals surface area contributed by atoms with Gasteiger partial charge in [-0.15, -0.1) is 0 Å². The van der Waals surface area contributed by atoms with Gasteiger partial charge >= 0.3 is 0 Å². The van der Waals surface area contributed by atoms with Crippen molar-refractivity contribution in [3.63, 3.8) is 0 Å². The first-order valence-electron chi connectivity index (χ1n) is 6.07. The Kier molecular flexibility index (Phi) is 3.95. The second-order valence-electron chi connectivity index (χ2n) is 4.07. The van der Waals surface area contributed by atoms with Crippen LogP contribution in [0.1, 0.15) is 12.5 Å². The van der Waals surface area contributed by atoms with Gasteiger partial charge in [-0.2, -0.15) is 0 Å². The molecule has 3 heteroatoms. The minimum Gasteiger partial charge on any atom is -0.339 e. The molecule has 0 bridgehead atoms. The molecule has 94 valence electrons. The van der Waals surface area contributed by atoms with Crippen molar-refractivity contribution < 1.29 is 4.39 Å². The molecule has 2 aromatic rings. The topological polar surface area (TPSA) is 29.3 Å². The van der Waals surface area contributed by atoms with Gasteiger partial charge < -0.3 is 10.6 Å². The molecule has 0 fully saturated rings. The van der Waals surface area contributed by atoms with Crippen LogP contribution in [0.5, 0.6) is 0 Å². The van der Waals surface area contributed by atoms with Gasteiger partial charge in [0, 0.05) is 18.8 Å². The zero-order valence-electron chi connectivity index (χ0n) is 10.4. The van der Waals surface area contributed by atoms with E-state index in [4.69, 9.17) is 5.73 Å². The van der Waals surface area contributed by atoms with E-state index in [1.807, 2.05) is 42.2 Å². The minimum atomic E-state index is -0.206. The van der Waals surface area contributed by atoms with Gasteiger partial charge in [-0.3, -0.25) is 0 Å². The van der Waals surface area contributed by atoms with Gasteiger partial charge in [0.1, 0.15) is 5.82 Å². The highest BCUT2D eigenvalue weighted by Crippen LogP contribution is 2.27. The maximum absolute atomic E-state index is 13.8. The fourth-order valence-corrected chi connectivity index (χ4v) is 1.97. The summed E-state index contributed by atoms with van der Waals surface area (Å²) < 4.78 is 13.8. The highest BCUT2D eigenvalue weighted by atomic mass is 19.1. The van der Waals surface area contributed by atoms with Crippen LogP contribution in [-0.2, 0) is 6.54 Å². The summed E-state index contributed by atoms with van der Waals surface area (Å²) in [6.45, 7) is 3.23. The molecule has 2 N–H and O–H groups in total. The molecule has 0 unspecified atom stereocenters. The van der Waals surface area contributed by atoms with E-state index in [1.54, 1.807) is 12.1 Å². The Hall–Kier alpha value is -1.87. The largest absolute Gasteiger partial charge is 0.339 e. The third kappa shape index (κ3) is 2.51. The second kappa shape index (κ2) is 5.65. The quantitative estimate of drug-likeness (QED) is 0.892. The van der Waals surface area contributed by atoms with Crippen molar-refractivity contribution in [1.29, 1.82) is 0 Å². The van der Waals surface area contributed by atoms with Crippen molar-refractivity contribution in [3.05, 3.63) is 59.9 Å². The zero-order valence-corrected chi connectivity index (χ0v) is 10.4. The fraction of sp³-hybridized carbons (Fsp3) is 0.200. The molecule has 0 saturated carbocycles. The van der Waals surface area contributed by atoms with Crippen LogP contribution >= 0.6 is 0 Å². The van der Waals surface area contributed by atoms with Crippen LogP contribution in [0.2, 0.25) is 0 Å². The Morgan fingerprint density at radius 3 is 2.28 bits per heavy atom. The summed E-state index contributed by atoms with van der Waals surface area (Å²) in [5.41, 5.74) is 8.21. The van der Waals surface area contributed by atoms with E-state index < -0.39 is 0 Å². The van der Waals surface area contributed by atoms with Gasteiger partial charge in [-0.05, 0) is 36.8 Å². The van der Waals surface area contributed by atoms with Gasteiger partial charge in [0.2, 0.25) is 0 Å². The zero-order chi connectivity index (χ0) is 13.0. The van der Waals surface area contributed by atoms with E-state index in [1.165, 1.54) is 6.07 Å². The van der Waals surface area contributed by atoms with Crippen molar-refractivity contribution >= 4 is 11.4 Å². The molecule has 2 rings (SSSR count). The molecule has 0 aliphatic heterocycles. The molecule has 0 atom stereocenters. The highest BCUT2D eigenvalue weighted by Gasteiger charge is 2.10. The molecule has 0 aliphatic rings. The molecule has 0 aromatic heterocycles. The number of benzene rings is 2. The number of para-hydroxylation sites is 1. The maximum atomic E-state index is 13.8. The lowest BCUT2D eigenvalue weighted by molar-refractivity contribution is 0.625. The van der Waals surface area contributed by atoms with Crippen molar-refractivity contribution in [2.45, 2.75) is 13.5 Å².